The second-order valence-corrected chi connectivity index (χ2v) is 7.79. The third-order valence-corrected chi connectivity index (χ3v) is 5.62. The van der Waals surface area contributed by atoms with Crippen molar-refractivity contribution < 1.29 is 13.2 Å². The Morgan fingerprint density at radius 2 is 2.15 bits per heavy atom. The maximum atomic E-state index is 12.4. The van der Waals surface area contributed by atoms with Gasteiger partial charge >= 0.3 is 10.2 Å². The van der Waals surface area contributed by atoms with Crippen LogP contribution in [0.15, 0.2) is 18.3 Å². The molecule has 0 unspecified atom stereocenters. The van der Waals surface area contributed by atoms with Gasteiger partial charge in [0.2, 0.25) is 0 Å². The minimum Gasteiger partial charge on any atom is -0.303 e. The van der Waals surface area contributed by atoms with Crippen molar-refractivity contribution in [3.63, 3.8) is 0 Å². The van der Waals surface area contributed by atoms with Gasteiger partial charge in [0.15, 0.2) is 0 Å². The third kappa shape index (κ3) is 2.64. The number of imidazole rings is 1. The summed E-state index contributed by atoms with van der Waals surface area (Å²) in [6.45, 7) is 0. The zero-order valence-corrected chi connectivity index (χ0v) is 13.2. The van der Waals surface area contributed by atoms with E-state index in [2.05, 4.69) is 4.98 Å². The molecule has 2 aromatic heterocycles. The second kappa shape index (κ2) is 5.65. The van der Waals surface area contributed by atoms with Gasteiger partial charge in [-0.25, -0.2) is 8.96 Å². The van der Waals surface area contributed by atoms with Gasteiger partial charge in [-0.2, -0.15) is 12.7 Å². The molecule has 108 valence electrons. The Morgan fingerprint density at radius 3 is 2.65 bits per heavy atom. The molecule has 0 saturated heterocycles. The Kier molecular flexibility index (Phi) is 4.28. The predicted octanol–water partition coefficient (Wildman–Crippen LogP) is 1.66. The molecule has 0 radical (unpaired) electrons. The highest BCUT2D eigenvalue weighted by Gasteiger charge is 2.25. The van der Waals surface area contributed by atoms with Crippen LogP contribution in [0.3, 0.4) is 0 Å². The minimum absolute atomic E-state index is 0.0772. The fraction of sp³-hybridized carbons (Fsp3) is 0.273. The van der Waals surface area contributed by atoms with Crippen LogP contribution in [-0.4, -0.2) is 42.1 Å². The van der Waals surface area contributed by atoms with Crippen molar-refractivity contribution in [3.05, 3.63) is 28.5 Å². The van der Waals surface area contributed by atoms with Gasteiger partial charge in [-0.1, -0.05) is 11.6 Å². The summed E-state index contributed by atoms with van der Waals surface area (Å²) in [5, 5.41) is 0. The van der Waals surface area contributed by atoms with Crippen molar-refractivity contribution in [1.82, 2.24) is 13.3 Å². The topological polar surface area (TPSA) is 72.3 Å². The van der Waals surface area contributed by atoms with Gasteiger partial charge in [-0.3, -0.25) is 0 Å². The molecule has 20 heavy (non-hydrogen) atoms. The summed E-state index contributed by atoms with van der Waals surface area (Å²) in [4.78, 5) is 15.4. The Balaban J connectivity index is 2.68. The maximum Gasteiger partial charge on any atom is 0.309 e. The molecule has 2 aromatic rings. The molecule has 0 bridgehead atoms. The van der Waals surface area contributed by atoms with Crippen LogP contribution in [0.5, 0.6) is 0 Å². The summed E-state index contributed by atoms with van der Waals surface area (Å²) in [5.41, 5.74) is 0.396. The number of hydrogen-bond acceptors (Lipinski definition) is 5. The molecule has 0 fully saturated rings. The fourth-order valence-electron chi connectivity index (χ4n) is 1.63. The van der Waals surface area contributed by atoms with E-state index in [9.17, 15) is 13.2 Å². The van der Waals surface area contributed by atoms with Crippen molar-refractivity contribution in [2.45, 2.75) is 6.42 Å². The summed E-state index contributed by atoms with van der Waals surface area (Å²) >= 11 is 7.13. The average Bonchev–Trinajstić information content (AvgIpc) is 2.96. The van der Waals surface area contributed by atoms with Gasteiger partial charge < -0.3 is 4.79 Å². The van der Waals surface area contributed by atoms with E-state index in [-0.39, 0.29) is 12.2 Å². The molecule has 0 aliphatic carbocycles. The van der Waals surface area contributed by atoms with Crippen molar-refractivity contribution in [2.24, 2.45) is 0 Å². The summed E-state index contributed by atoms with van der Waals surface area (Å²) in [6.07, 6.45) is 1.98. The lowest BCUT2D eigenvalue weighted by Gasteiger charge is -2.16. The Labute approximate surface area is 125 Å². The number of carbonyl (C=O) groups is 1. The van der Waals surface area contributed by atoms with Crippen LogP contribution in [0.25, 0.3) is 10.6 Å². The molecule has 0 aliphatic heterocycles. The van der Waals surface area contributed by atoms with E-state index < -0.39 is 10.2 Å². The molecule has 0 spiro atoms. The number of nitrogens with zero attached hydrogens (tertiary/aromatic N) is 3. The predicted molar refractivity (Wildman–Crippen MR) is 78.3 cm³/mol. The first-order valence-electron chi connectivity index (χ1n) is 5.57. The molecular weight excluding hydrogens is 322 g/mol. The quantitative estimate of drug-likeness (QED) is 0.780. The second-order valence-electron chi connectivity index (χ2n) is 4.09. The molecule has 2 rings (SSSR count). The average molecular weight is 334 g/mol. The molecular formula is C11H12ClN3O3S2. The number of rotatable bonds is 5. The largest absolute Gasteiger partial charge is 0.309 e. The van der Waals surface area contributed by atoms with Gasteiger partial charge in [0, 0.05) is 14.1 Å². The number of aromatic nitrogens is 2. The van der Waals surface area contributed by atoms with E-state index in [0.717, 1.165) is 8.28 Å². The smallest absolute Gasteiger partial charge is 0.303 e. The molecule has 0 amide bonds. The molecule has 9 heteroatoms. The van der Waals surface area contributed by atoms with Crippen molar-refractivity contribution in [1.29, 1.82) is 0 Å². The van der Waals surface area contributed by atoms with Gasteiger partial charge in [0.05, 0.1) is 27.5 Å². The molecule has 2 heterocycles. The van der Waals surface area contributed by atoms with E-state index in [0.29, 0.717) is 21.2 Å². The van der Waals surface area contributed by atoms with Gasteiger partial charge in [0.1, 0.15) is 12.1 Å². The molecule has 0 aromatic carbocycles. The van der Waals surface area contributed by atoms with Crippen molar-refractivity contribution in [3.8, 4) is 10.6 Å². The minimum atomic E-state index is -3.76. The van der Waals surface area contributed by atoms with Crippen LogP contribution in [0.2, 0.25) is 4.34 Å². The summed E-state index contributed by atoms with van der Waals surface area (Å²) in [7, 11) is -0.920. The highest BCUT2D eigenvalue weighted by atomic mass is 35.5. The first kappa shape index (κ1) is 15.2. The van der Waals surface area contributed by atoms with Crippen LogP contribution < -0.4 is 0 Å². The number of hydrogen-bond donors (Lipinski definition) is 0. The number of thiophene rings is 1. The number of halogens is 1. The van der Waals surface area contributed by atoms with E-state index in [1.165, 1.54) is 31.6 Å². The number of carbonyl (C=O) groups excluding carboxylic acids is 1. The third-order valence-electron chi connectivity index (χ3n) is 2.57. The van der Waals surface area contributed by atoms with E-state index >= 15 is 0 Å². The van der Waals surface area contributed by atoms with Gasteiger partial charge in [-0.15, -0.1) is 11.3 Å². The lowest BCUT2D eigenvalue weighted by molar-refractivity contribution is -0.107. The molecule has 6 nitrogen and oxygen atoms in total. The van der Waals surface area contributed by atoms with Crippen LogP contribution in [0, 0.1) is 0 Å². The standard InChI is InChI=1S/C11H12ClN3O3S2/c1-14(2)20(17,18)15-8(7-13-11(15)5-6-16)9-3-4-10(12)19-9/h3-4,6-7H,5H2,1-2H3. The van der Waals surface area contributed by atoms with Crippen LogP contribution in [0.1, 0.15) is 5.82 Å². The van der Waals surface area contributed by atoms with Crippen LogP contribution >= 0.6 is 22.9 Å². The SMILES string of the molecule is CN(C)S(=O)(=O)n1c(-c2ccc(Cl)s2)cnc1CC=O. The number of aldehydes is 1. The Morgan fingerprint density at radius 1 is 1.45 bits per heavy atom. The van der Waals surface area contributed by atoms with E-state index in [1.54, 1.807) is 12.1 Å². The molecule has 0 atom stereocenters. The van der Waals surface area contributed by atoms with E-state index in [1.807, 2.05) is 0 Å². The Hall–Kier alpha value is -1.22. The fourth-order valence-corrected chi connectivity index (χ4v) is 3.84. The normalized spacial score (nSPS) is 12.0. The highest BCUT2D eigenvalue weighted by molar-refractivity contribution is 7.87. The lowest BCUT2D eigenvalue weighted by Crippen LogP contribution is -2.30. The molecule has 0 N–H and O–H groups in total. The highest BCUT2D eigenvalue weighted by Crippen LogP contribution is 2.32. The monoisotopic (exact) mass is 333 g/mol. The van der Waals surface area contributed by atoms with Crippen molar-refractivity contribution in [2.75, 3.05) is 14.1 Å². The molecule has 0 aliphatic rings. The van der Waals surface area contributed by atoms with Crippen molar-refractivity contribution >= 4 is 39.4 Å². The van der Waals surface area contributed by atoms with Gasteiger partial charge in [-0.05, 0) is 12.1 Å². The zero-order chi connectivity index (χ0) is 14.9. The van der Waals surface area contributed by atoms with Crippen LogP contribution in [-0.2, 0) is 21.4 Å². The molecule has 0 saturated carbocycles. The first-order chi connectivity index (χ1) is 9.37. The summed E-state index contributed by atoms with van der Waals surface area (Å²) in [5.74, 6) is 0.174. The summed E-state index contributed by atoms with van der Waals surface area (Å²) in [6, 6.07) is 3.40. The first-order valence-corrected chi connectivity index (χ1v) is 8.16. The maximum absolute atomic E-state index is 12.4. The Bertz CT molecular complexity index is 734. The lowest BCUT2D eigenvalue weighted by atomic mass is 10.4. The summed E-state index contributed by atoms with van der Waals surface area (Å²) < 4.78 is 27.5. The van der Waals surface area contributed by atoms with Gasteiger partial charge in [0.25, 0.3) is 0 Å². The van der Waals surface area contributed by atoms with Crippen LogP contribution in [0.4, 0.5) is 0 Å². The van der Waals surface area contributed by atoms with E-state index in [4.69, 9.17) is 11.6 Å². The zero-order valence-electron chi connectivity index (χ0n) is 10.8.